The van der Waals surface area contributed by atoms with Crippen molar-refractivity contribution in [2.45, 2.75) is 23.1 Å². The number of thiazole rings is 1. The van der Waals surface area contributed by atoms with E-state index >= 15 is 0 Å². The molecule has 0 aliphatic carbocycles. The highest BCUT2D eigenvalue weighted by Gasteiger charge is 2.56. The first-order valence-electron chi connectivity index (χ1n) is 10.3. The molecule has 3 heterocycles. The van der Waals surface area contributed by atoms with E-state index in [-0.39, 0.29) is 17.0 Å². The molecule has 9 nitrogen and oxygen atoms in total. The maximum Gasteiger partial charge on any atom is 0.269 e. The molecule has 2 aliphatic heterocycles. The van der Waals surface area contributed by atoms with Gasteiger partial charge >= 0.3 is 0 Å². The van der Waals surface area contributed by atoms with Gasteiger partial charge in [-0.2, -0.15) is 0 Å². The number of fused-ring (bicyclic) bond motifs is 2. The van der Waals surface area contributed by atoms with Crippen LogP contribution in [0.2, 0.25) is 0 Å². The van der Waals surface area contributed by atoms with E-state index in [1.54, 1.807) is 24.3 Å². The number of non-ortho nitro benzene ring substituents is 1. The molecule has 0 saturated carbocycles. The summed E-state index contributed by atoms with van der Waals surface area (Å²) in [6.45, 7) is 2.34. The average molecular weight is 516 g/mol. The Hall–Kier alpha value is -3.22. The molecule has 0 spiro atoms. The van der Waals surface area contributed by atoms with Gasteiger partial charge in [0.1, 0.15) is 16.7 Å². The number of aromatic nitrogens is 1. The van der Waals surface area contributed by atoms with Crippen LogP contribution in [-0.2, 0) is 9.59 Å². The van der Waals surface area contributed by atoms with E-state index in [1.165, 1.54) is 41.3 Å². The second-order valence-electron chi connectivity index (χ2n) is 7.69. The van der Waals surface area contributed by atoms with Crippen molar-refractivity contribution in [3.05, 3.63) is 67.0 Å². The number of nitrogens with zero attached hydrogens (tertiary/aromatic N) is 2. The van der Waals surface area contributed by atoms with Gasteiger partial charge in [-0.25, -0.2) is 4.90 Å². The molecule has 0 radical (unpaired) electrons. The fourth-order valence-electron chi connectivity index (χ4n) is 4.37. The van der Waals surface area contributed by atoms with Crippen LogP contribution in [0.3, 0.4) is 0 Å². The second kappa shape index (κ2) is 8.53. The molecule has 0 unspecified atom stereocenters. The number of imide groups is 1. The predicted molar refractivity (Wildman–Crippen MR) is 129 cm³/mol. The summed E-state index contributed by atoms with van der Waals surface area (Å²) in [6, 6.07) is 10.4. The Balaban J connectivity index is 1.63. The Kier molecular flexibility index (Phi) is 5.66. The summed E-state index contributed by atoms with van der Waals surface area (Å²) in [4.78, 5) is 42.9. The maximum absolute atomic E-state index is 13.7. The van der Waals surface area contributed by atoms with E-state index in [1.807, 2.05) is 6.92 Å². The van der Waals surface area contributed by atoms with Crippen molar-refractivity contribution in [3.63, 3.8) is 0 Å². The molecule has 2 aliphatic rings. The Morgan fingerprint density at radius 3 is 2.62 bits per heavy atom. The van der Waals surface area contributed by atoms with Crippen molar-refractivity contribution in [1.29, 1.82) is 0 Å². The van der Waals surface area contributed by atoms with Crippen molar-refractivity contribution >= 4 is 58.5 Å². The van der Waals surface area contributed by atoms with Crippen molar-refractivity contribution in [2.75, 3.05) is 11.5 Å². The number of hydrogen-bond donors (Lipinski definition) is 2. The third-order valence-corrected chi connectivity index (χ3v) is 8.54. The van der Waals surface area contributed by atoms with E-state index in [2.05, 4.69) is 4.98 Å². The van der Waals surface area contributed by atoms with Crippen LogP contribution in [0.1, 0.15) is 23.3 Å². The topological polar surface area (TPSA) is 126 Å². The molecule has 34 heavy (non-hydrogen) atoms. The molecule has 0 bridgehead atoms. The number of thioether (sulfide) groups is 1. The predicted octanol–water partition coefficient (Wildman–Crippen LogP) is 4.61. The summed E-state index contributed by atoms with van der Waals surface area (Å²) in [5.74, 6) is -2.05. The zero-order chi connectivity index (χ0) is 24.1. The zero-order valence-electron chi connectivity index (χ0n) is 17.6. The van der Waals surface area contributed by atoms with Gasteiger partial charge in [0.15, 0.2) is 3.95 Å². The SMILES string of the molecule is CCOc1ccc(N2C(=O)[C@@H]3[C@@H](c4cc([N+](=O)[O-])ccc4O)c4sc(=S)[nH]c4S[C@H]3C2=O)cc1. The monoisotopic (exact) mass is 515 g/mol. The normalized spacial score (nSPS) is 21.3. The molecule has 2 amide bonds. The Bertz CT molecular complexity index is 1380. The molecule has 1 aromatic heterocycles. The van der Waals surface area contributed by atoms with E-state index in [9.17, 15) is 24.8 Å². The fourth-order valence-corrected chi connectivity index (χ4v) is 7.32. The lowest BCUT2D eigenvalue weighted by molar-refractivity contribution is -0.385. The van der Waals surface area contributed by atoms with Crippen LogP contribution < -0.4 is 9.64 Å². The maximum atomic E-state index is 13.7. The van der Waals surface area contributed by atoms with E-state index < -0.39 is 33.8 Å². The van der Waals surface area contributed by atoms with Crippen molar-refractivity contribution < 1.29 is 24.4 Å². The number of ether oxygens (including phenoxy) is 1. The third kappa shape index (κ3) is 3.58. The first-order chi connectivity index (χ1) is 16.3. The number of carbonyl (C=O) groups is 2. The highest BCUT2D eigenvalue weighted by molar-refractivity contribution is 8.01. The van der Waals surface area contributed by atoms with Gasteiger partial charge in [-0.05, 0) is 49.5 Å². The highest BCUT2D eigenvalue weighted by Crippen LogP contribution is 2.55. The quantitative estimate of drug-likeness (QED) is 0.218. The van der Waals surface area contributed by atoms with Gasteiger partial charge < -0.3 is 14.8 Å². The fraction of sp³-hybridized carbons (Fsp3) is 0.227. The van der Waals surface area contributed by atoms with Gasteiger partial charge in [0.25, 0.3) is 5.69 Å². The number of phenolic OH excluding ortho intramolecular Hbond substituents is 1. The standard InChI is InChI=1S/C22H17N3O6S3/c1-2-31-12-6-3-10(4-7-12)24-20(27)16-15(13-9-11(25(29)30)5-8-14(13)26)17-19(23-22(32)34-17)33-18(16)21(24)28/h3-9,15-16,18,26H,2H2,1H3,(H,23,32)/t15-,16-,18-/m1/s1. The Labute approximate surface area is 206 Å². The number of phenols is 1. The van der Waals surface area contributed by atoms with E-state index in [0.717, 1.165) is 4.90 Å². The molecule has 3 atom stereocenters. The number of carbonyl (C=O) groups excluding carboxylic acids is 2. The number of nitrogens with one attached hydrogen (secondary N) is 1. The van der Waals surface area contributed by atoms with Gasteiger partial charge in [0.2, 0.25) is 11.8 Å². The summed E-state index contributed by atoms with van der Waals surface area (Å²) in [6.07, 6.45) is 0. The number of nitro groups is 1. The van der Waals surface area contributed by atoms with Crippen molar-refractivity contribution in [1.82, 2.24) is 4.98 Å². The van der Waals surface area contributed by atoms with Crippen LogP contribution in [-0.4, -0.2) is 38.7 Å². The second-order valence-corrected chi connectivity index (χ2v) is 10.6. The molecule has 5 rings (SSSR count). The number of benzene rings is 2. The third-order valence-electron chi connectivity index (χ3n) is 5.79. The van der Waals surface area contributed by atoms with Crippen LogP contribution in [0.15, 0.2) is 47.5 Å². The molecule has 12 heteroatoms. The lowest BCUT2D eigenvalue weighted by Crippen LogP contribution is -2.32. The van der Waals surface area contributed by atoms with Crippen LogP contribution in [0.25, 0.3) is 0 Å². The summed E-state index contributed by atoms with van der Waals surface area (Å²) in [5, 5.41) is 21.9. The van der Waals surface area contributed by atoms with Crippen molar-refractivity contribution in [3.8, 4) is 11.5 Å². The largest absolute Gasteiger partial charge is 0.508 e. The minimum absolute atomic E-state index is 0.189. The number of hydrogen-bond acceptors (Lipinski definition) is 9. The summed E-state index contributed by atoms with van der Waals surface area (Å²) < 4.78 is 5.90. The first-order valence-corrected chi connectivity index (χ1v) is 12.4. The lowest BCUT2D eigenvalue weighted by atomic mass is 9.82. The van der Waals surface area contributed by atoms with Gasteiger partial charge in [0, 0.05) is 28.5 Å². The number of anilines is 1. The Morgan fingerprint density at radius 2 is 1.94 bits per heavy atom. The summed E-state index contributed by atoms with van der Waals surface area (Å²) in [5.41, 5.74) is 0.404. The number of nitro benzene ring substituents is 1. The van der Waals surface area contributed by atoms with Crippen molar-refractivity contribution in [2.24, 2.45) is 5.92 Å². The molecular formula is C22H17N3O6S3. The molecule has 1 saturated heterocycles. The first kappa shape index (κ1) is 22.6. The van der Waals surface area contributed by atoms with E-state index in [4.69, 9.17) is 17.0 Å². The molecule has 2 aromatic carbocycles. The highest BCUT2D eigenvalue weighted by atomic mass is 32.2. The molecular weight excluding hydrogens is 498 g/mol. The van der Waals surface area contributed by atoms with Gasteiger partial charge in [-0.15, -0.1) is 11.3 Å². The molecule has 174 valence electrons. The van der Waals surface area contributed by atoms with E-state index in [0.29, 0.717) is 31.9 Å². The van der Waals surface area contributed by atoms with Gasteiger partial charge in [0.05, 0.1) is 28.2 Å². The van der Waals surface area contributed by atoms with Gasteiger partial charge in [-0.3, -0.25) is 19.7 Å². The number of rotatable bonds is 5. The minimum atomic E-state index is -0.870. The average Bonchev–Trinajstić information content (AvgIpc) is 3.30. The smallest absolute Gasteiger partial charge is 0.269 e. The van der Waals surface area contributed by atoms with Crippen LogP contribution in [0.5, 0.6) is 11.5 Å². The number of H-pyrrole nitrogens is 1. The van der Waals surface area contributed by atoms with Crippen LogP contribution >= 0.6 is 35.3 Å². The number of aromatic hydroxyl groups is 1. The lowest BCUT2D eigenvalue weighted by Gasteiger charge is -2.30. The van der Waals surface area contributed by atoms with Crippen LogP contribution in [0.4, 0.5) is 11.4 Å². The zero-order valence-corrected chi connectivity index (χ0v) is 20.0. The molecule has 3 aromatic rings. The summed E-state index contributed by atoms with van der Waals surface area (Å²) >= 11 is 7.75. The van der Waals surface area contributed by atoms with Gasteiger partial charge in [-0.1, -0.05) is 11.8 Å². The Morgan fingerprint density at radius 1 is 1.21 bits per heavy atom. The number of amides is 2. The molecule has 2 N–H and O–H groups in total. The molecule has 1 fully saturated rings. The minimum Gasteiger partial charge on any atom is -0.508 e. The number of aromatic amines is 1. The summed E-state index contributed by atoms with van der Waals surface area (Å²) in [7, 11) is 0. The van der Waals surface area contributed by atoms with Crippen LogP contribution in [0, 0.1) is 20.0 Å².